The number of anilines is 1. The first-order valence-corrected chi connectivity index (χ1v) is 5.22. The van der Waals surface area contributed by atoms with Gasteiger partial charge >= 0.3 is 0 Å². The molecule has 0 aliphatic carbocycles. The monoisotopic (exact) mass is 246 g/mol. The third kappa shape index (κ3) is 3.70. The van der Waals surface area contributed by atoms with Gasteiger partial charge in [0.15, 0.2) is 0 Å². The number of hydrogen-bond acceptors (Lipinski definition) is 2. The molecule has 0 spiro atoms. The molecule has 82 valence electrons. The van der Waals surface area contributed by atoms with Crippen LogP contribution in [0.4, 0.5) is 5.69 Å². The number of rotatable bonds is 3. The zero-order chi connectivity index (χ0) is 11.4. The smallest absolute Gasteiger partial charge is 0.241 e. The van der Waals surface area contributed by atoms with E-state index in [0.717, 1.165) is 0 Å². The molecule has 0 radical (unpaired) electrons. The molecule has 0 saturated heterocycles. The number of benzene rings is 1. The first kappa shape index (κ1) is 12.3. The molecule has 0 aliphatic heterocycles. The second kappa shape index (κ2) is 5.35. The number of halogens is 2. The fraction of sp³-hybridized carbons (Fsp3) is 0.300. The van der Waals surface area contributed by atoms with Crippen molar-refractivity contribution in [1.82, 2.24) is 5.32 Å². The number of carbonyl (C=O) groups excluding carboxylic acids is 1. The largest absolute Gasteiger partial charge is 0.325 e. The SMILES string of the molecule is CN[C@H](C)C(=O)Nc1cc(Cl)cc(Cl)c1. The normalized spacial score (nSPS) is 12.3. The lowest BCUT2D eigenvalue weighted by atomic mass is 10.2. The van der Waals surface area contributed by atoms with Crippen LogP contribution in [0.5, 0.6) is 0 Å². The summed E-state index contributed by atoms with van der Waals surface area (Å²) in [6.07, 6.45) is 0. The molecule has 0 heterocycles. The maximum Gasteiger partial charge on any atom is 0.241 e. The van der Waals surface area contributed by atoms with Gasteiger partial charge in [0.25, 0.3) is 0 Å². The third-order valence-electron chi connectivity index (χ3n) is 1.96. The van der Waals surface area contributed by atoms with Crippen molar-refractivity contribution in [2.75, 3.05) is 12.4 Å². The van der Waals surface area contributed by atoms with Gasteiger partial charge in [-0.15, -0.1) is 0 Å². The van der Waals surface area contributed by atoms with Gasteiger partial charge in [-0.05, 0) is 32.2 Å². The van der Waals surface area contributed by atoms with Crippen LogP contribution in [-0.4, -0.2) is 19.0 Å². The number of hydrogen-bond donors (Lipinski definition) is 2. The topological polar surface area (TPSA) is 41.1 Å². The number of amides is 1. The van der Waals surface area contributed by atoms with Gasteiger partial charge in [-0.1, -0.05) is 23.2 Å². The summed E-state index contributed by atoms with van der Waals surface area (Å²) in [5.74, 6) is -0.129. The highest BCUT2D eigenvalue weighted by Crippen LogP contribution is 2.22. The van der Waals surface area contributed by atoms with E-state index in [2.05, 4.69) is 10.6 Å². The summed E-state index contributed by atoms with van der Waals surface area (Å²) in [6.45, 7) is 1.77. The maximum absolute atomic E-state index is 11.5. The van der Waals surface area contributed by atoms with Crippen LogP contribution in [0.1, 0.15) is 6.92 Å². The molecular formula is C10H12Cl2N2O. The second-order valence-electron chi connectivity index (χ2n) is 3.16. The van der Waals surface area contributed by atoms with Gasteiger partial charge in [0, 0.05) is 15.7 Å². The van der Waals surface area contributed by atoms with Crippen LogP contribution in [0.15, 0.2) is 18.2 Å². The van der Waals surface area contributed by atoms with Gasteiger partial charge in [0.2, 0.25) is 5.91 Å². The predicted octanol–water partition coefficient (Wildman–Crippen LogP) is 2.54. The minimum absolute atomic E-state index is 0.129. The fourth-order valence-corrected chi connectivity index (χ4v) is 1.53. The standard InChI is InChI=1S/C10H12Cl2N2O/c1-6(13-2)10(15)14-9-4-7(11)3-8(12)5-9/h3-6,13H,1-2H3,(H,14,15)/t6-/m1/s1. The Bertz CT molecular complexity index is 348. The summed E-state index contributed by atoms with van der Waals surface area (Å²) in [5.41, 5.74) is 0.597. The third-order valence-corrected chi connectivity index (χ3v) is 2.39. The predicted molar refractivity (Wildman–Crippen MR) is 63.6 cm³/mol. The Morgan fingerprint density at radius 2 is 1.80 bits per heavy atom. The van der Waals surface area contributed by atoms with Crippen LogP contribution in [0.2, 0.25) is 10.0 Å². The van der Waals surface area contributed by atoms with Gasteiger partial charge in [-0.3, -0.25) is 4.79 Å². The summed E-state index contributed by atoms with van der Waals surface area (Å²) >= 11 is 11.6. The molecule has 0 fully saturated rings. The van der Waals surface area contributed by atoms with E-state index in [0.29, 0.717) is 15.7 Å². The first-order valence-electron chi connectivity index (χ1n) is 4.47. The lowest BCUT2D eigenvalue weighted by Crippen LogP contribution is -2.35. The molecule has 1 rings (SSSR count). The summed E-state index contributed by atoms with van der Waals surface area (Å²) in [7, 11) is 1.72. The van der Waals surface area contributed by atoms with Crippen LogP contribution in [-0.2, 0) is 4.79 Å². The molecule has 0 aromatic heterocycles. The van der Waals surface area contributed by atoms with Gasteiger partial charge in [-0.25, -0.2) is 0 Å². The van der Waals surface area contributed by atoms with Gasteiger partial charge in [0.1, 0.15) is 0 Å². The van der Waals surface area contributed by atoms with Crippen molar-refractivity contribution in [1.29, 1.82) is 0 Å². The highest BCUT2D eigenvalue weighted by molar-refractivity contribution is 6.35. The Balaban J connectivity index is 2.76. The summed E-state index contributed by atoms with van der Waals surface area (Å²) in [4.78, 5) is 11.5. The molecular weight excluding hydrogens is 235 g/mol. The molecule has 15 heavy (non-hydrogen) atoms. The maximum atomic E-state index is 11.5. The summed E-state index contributed by atoms with van der Waals surface area (Å²) in [6, 6.07) is 4.64. The van der Waals surface area contributed by atoms with E-state index in [9.17, 15) is 4.79 Å². The number of nitrogens with one attached hydrogen (secondary N) is 2. The Labute approximate surface area is 98.8 Å². The zero-order valence-electron chi connectivity index (χ0n) is 8.47. The quantitative estimate of drug-likeness (QED) is 0.861. The number of carbonyl (C=O) groups is 1. The molecule has 0 aliphatic rings. The molecule has 1 aromatic carbocycles. The van der Waals surface area contributed by atoms with Crippen LogP contribution in [0.25, 0.3) is 0 Å². The van der Waals surface area contributed by atoms with E-state index >= 15 is 0 Å². The molecule has 1 amide bonds. The lowest BCUT2D eigenvalue weighted by molar-refractivity contribution is -0.117. The van der Waals surface area contributed by atoms with Crippen LogP contribution in [0, 0.1) is 0 Å². The van der Waals surface area contributed by atoms with Crippen molar-refractivity contribution >= 4 is 34.8 Å². The van der Waals surface area contributed by atoms with Crippen LogP contribution >= 0.6 is 23.2 Å². The van der Waals surface area contributed by atoms with Crippen molar-refractivity contribution < 1.29 is 4.79 Å². The Morgan fingerprint density at radius 3 is 2.27 bits per heavy atom. The average molecular weight is 247 g/mol. The van der Waals surface area contributed by atoms with Crippen molar-refractivity contribution in [3.63, 3.8) is 0 Å². The highest BCUT2D eigenvalue weighted by atomic mass is 35.5. The minimum atomic E-state index is -0.261. The van der Waals surface area contributed by atoms with Gasteiger partial charge in [0.05, 0.1) is 6.04 Å². The molecule has 0 unspecified atom stereocenters. The molecule has 2 N–H and O–H groups in total. The van der Waals surface area contributed by atoms with Crippen molar-refractivity contribution in [2.24, 2.45) is 0 Å². The van der Waals surface area contributed by atoms with Gasteiger partial charge in [-0.2, -0.15) is 0 Å². The summed E-state index contributed by atoms with van der Waals surface area (Å²) < 4.78 is 0. The van der Waals surface area contributed by atoms with Crippen LogP contribution < -0.4 is 10.6 Å². The molecule has 3 nitrogen and oxygen atoms in total. The zero-order valence-corrected chi connectivity index (χ0v) is 9.99. The van der Waals surface area contributed by atoms with E-state index in [-0.39, 0.29) is 11.9 Å². The summed E-state index contributed by atoms with van der Waals surface area (Å²) in [5, 5.41) is 6.53. The van der Waals surface area contributed by atoms with E-state index < -0.39 is 0 Å². The van der Waals surface area contributed by atoms with Crippen molar-refractivity contribution in [2.45, 2.75) is 13.0 Å². The molecule has 5 heteroatoms. The fourth-order valence-electron chi connectivity index (χ4n) is 1.01. The highest BCUT2D eigenvalue weighted by Gasteiger charge is 2.10. The molecule has 1 aromatic rings. The Hall–Kier alpha value is -0.770. The lowest BCUT2D eigenvalue weighted by Gasteiger charge is -2.11. The first-order chi connectivity index (χ1) is 7.02. The van der Waals surface area contributed by atoms with Crippen LogP contribution in [0.3, 0.4) is 0 Å². The Morgan fingerprint density at radius 1 is 1.27 bits per heavy atom. The Kier molecular flexibility index (Phi) is 4.39. The van der Waals surface area contributed by atoms with E-state index in [1.807, 2.05) is 0 Å². The van der Waals surface area contributed by atoms with Gasteiger partial charge < -0.3 is 10.6 Å². The molecule has 0 saturated carbocycles. The van der Waals surface area contributed by atoms with Crippen molar-refractivity contribution in [3.8, 4) is 0 Å². The van der Waals surface area contributed by atoms with E-state index in [4.69, 9.17) is 23.2 Å². The molecule has 0 bridgehead atoms. The van der Waals surface area contributed by atoms with Crippen molar-refractivity contribution in [3.05, 3.63) is 28.2 Å². The average Bonchev–Trinajstić information content (AvgIpc) is 2.14. The van der Waals surface area contributed by atoms with E-state index in [1.165, 1.54) is 0 Å². The van der Waals surface area contributed by atoms with E-state index in [1.54, 1.807) is 32.2 Å². The second-order valence-corrected chi connectivity index (χ2v) is 4.03. The molecule has 1 atom stereocenters. The number of likely N-dealkylation sites (N-methyl/N-ethyl adjacent to an activating group) is 1. The minimum Gasteiger partial charge on any atom is -0.325 e.